The molecule has 0 aliphatic rings. The lowest BCUT2D eigenvalue weighted by Crippen LogP contribution is -2.19. The van der Waals surface area contributed by atoms with Crippen molar-refractivity contribution in [3.8, 4) is 17.1 Å². The molecule has 0 aliphatic carbocycles. The molecule has 1 aromatic heterocycles. The van der Waals surface area contributed by atoms with Gasteiger partial charge in [-0.2, -0.15) is 5.10 Å². The van der Waals surface area contributed by atoms with Gasteiger partial charge in [0.1, 0.15) is 0 Å². The first-order valence-corrected chi connectivity index (χ1v) is 11.0. The van der Waals surface area contributed by atoms with Crippen LogP contribution in [-0.4, -0.2) is 32.6 Å². The van der Waals surface area contributed by atoms with E-state index in [-0.39, 0.29) is 11.7 Å². The molecule has 0 unspecified atom stereocenters. The van der Waals surface area contributed by atoms with Crippen molar-refractivity contribution in [2.45, 2.75) is 5.16 Å². The summed E-state index contributed by atoms with van der Waals surface area (Å²) in [6.07, 6.45) is 5.24. The molecule has 4 aromatic rings. The monoisotopic (exact) mass is 439 g/mol. The van der Waals surface area contributed by atoms with Crippen molar-refractivity contribution in [2.75, 3.05) is 5.75 Å². The quantitative estimate of drug-likeness (QED) is 0.242. The second-order valence-electron chi connectivity index (χ2n) is 6.71. The number of thioether (sulfide) groups is 1. The van der Waals surface area contributed by atoms with Crippen LogP contribution in [0, 0.1) is 0 Å². The molecule has 0 bridgehead atoms. The summed E-state index contributed by atoms with van der Waals surface area (Å²) in [6.45, 7) is 0. The van der Waals surface area contributed by atoms with Gasteiger partial charge in [0.2, 0.25) is 0 Å². The van der Waals surface area contributed by atoms with Gasteiger partial charge in [0.05, 0.1) is 5.75 Å². The van der Waals surface area contributed by atoms with Gasteiger partial charge in [-0.1, -0.05) is 96.7 Å². The Labute approximate surface area is 190 Å². The number of rotatable bonds is 8. The highest BCUT2D eigenvalue weighted by molar-refractivity contribution is 7.99. The van der Waals surface area contributed by atoms with Crippen molar-refractivity contribution < 1.29 is 4.79 Å². The number of allylic oxidation sites excluding steroid dienone is 1. The third-order valence-electron chi connectivity index (χ3n) is 4.45. The highest BCUT2D eigenvalue weighted by Crippen LogP contribution is 2.27. The van der Waals surface area contributed by atoms with Gasteiger partial charge in [0.25, 0.3) is 5.91 Å². The van der Waals surface area contributed by atoms with E-state index in [2.05, 4.69) is 20.7 Å². The number of hydrazone groups is 1. The van der Waals surface area contributed by atoms with E-state index in [1.165, 1.54) is 11.8 Å². The van der Waals surface area contributed by atoms with Crippen molar-refractivity contribution in [2.24, 2.45) is 5.10 Å². The van der Waals surface area contributed by atoms with Crippen molar-refractivity contribution in [3.05, 3.63) is 103 Å². The zero-order valence-corrected chi connectivity index (χ0v) is 18.0. The Morgan fingerprint density at radius 2 is 1.56 bits per heavy atom. The minimum Gasteiger partial charge on any atom is -0.272 e. The molecule has 0 atom stereocenters. The van der Waals surface area contributed by atoms with Gasteiger partial charge in [-0.15, -0.1) is 10.2 Å². The number of nitrogens with zero attached hydrogens (tertiary/aromatic N) is 4. The molecule has 158 valence electrons. The number of para-hydroxylation sites is 1. The van der Waals surface area contributed by atoms with Crippen LogP contribution >= 0.6 is 11.8 Å². The predicted molar refractivity (Wildman–Crippen MR) is 130 cm³/mol. The molecule has 1 heterocycles. The molecule has 3 aromatic carbocycles. The molecule has 6 nitrogen and oxygen atoms in total. The van der Waals surface area contributed by atoms with Crippen molar-refractivity contribution in [3.63, 3.8) is 0 Å². The Bertz CT molecular complexity index is 1210. The van der Waals surface area contributed by atoms with Gasteiger partial charge in [-0.05, 0) is 23.8 Å². The van der Waals surface area contributed by atoms with Crippen LogP contribution in [0.5, 0.6) is 0 Å². The van der Waals surface area contributed by atoms with E-state index in [4.69, 9.17) is 0 Å². The number of benzene rings is 3. The standard InChI is InChI=1S/C25H21N5OS/c31-23(27-26-18-10-13-20-11-4-1-5-12-20)19-32-25-29-28-24(21-14-6-2-7-15-21)30(25)22-16-8-3-9-17-22/h1-18H,19H2,(H,27,31)/b13-10+,26-18-. The molecular weight excluding hydrogens is 418 g/mol. The summed E-state index contributed by atoms with van der Waals surface area (Å²) >= 11 is 1.31. The fraction of sp³-hybridized carbons (Fsp3) is 0.0400. The Hall–Kier alpha value is -3.97. The van der Waals surface area contributed by atoms with Gasteiger partial charge >= 0.3 is 0 Å². The van der Waals surface area contributed by atoms with Crippen LogP contribution in [0.1, 0.15) is 5.56 Å². The summed E-state index contributed by atoms with van der Waals surface area (Å²) in [5.41, 5.74) is 5.49. The molecular formula is C25H21N5OS. The molecule has 0 fully saturated rings. The fourth-order valence-electron chi connectivity index (χ4n) is 2.98. The summed E-state index contributed by atoms with van der Waals surface area (Å²) < 4.78 is 1.96. The number of aromatic nitrogens is 3. The average Bonchev–Trinajstić information content (AvgIpc) is 3.28. The minimum atomic E-state index is -0.219. The summed E-state index contributed by atoms with van der Waals surface area (Å²) in [7, 11) is 0. The minimum absolute atomic E-state index is 0.166. The lowest BCUT2D eigenvalue weighted by Gasteiger charge is -2.10. The number of amides is 1. The van der Waals surface area contributed by atoms with Crippen LogP contribution in [0.3, 0.4) is 0 Å². The van der Waals surface area contributed by atoms with E-state index in [9.17, 15) is 4.79 Å². The maximum Gasteiger partial charge on any atom is 0.250 e. The van der Waals surface area contributed by atoms with Crippen LogP contribution in [0.15, 0.2) is 107 Å². The Balaban J connectivity index is 1.42. The molecule has 0 spiro atoms. The SMILES string of the molecule is O=C(CSc1nnc(-c2ccccc2)n1-c1ccccc1)N/N=C\C=C\c1ccccc1. The number of nitrogens with one attached hydrogen (secondary N) is 1. The van der Waals surface area contributed by atoms with Gasteiger partial charge in [0.15, 0.2) is 11.0 Å². The molecule has 0 saturated heterocycles. The number of carbonyl (C=O) groups is 1. The predicted octanol–water partition coefficient (Wildman–Crippen LogP) is 4.84. The number of hydrogen-bond donors (Lipinski definition) is 1. The second-order valence-corrected chi connectivity index (χ2v) is 7.66. The maximum absolute atomic E-state index is 12.2. The van der Waals surface area contributed by atoms with Gasteiger partial charge < -0.3 is 0 Å². The van der Waals surface area contributed by atoms with Crippen molar-refractivity contribution >= 4 is 30.0 Å². The second kappa shape index (κ2) is 10.9. The fourth-order valence-corrected chi connectivity index (χ4v) is 3.72. The van der Waals surface area contributed by atoms with E-state index < -0.39 is 0 Å². The largest absolute Gasteiger partial charge is 0.272 e. The Morgan fingerprint density at radius 3 is 2.28 bits per heavy atom. The Kier molecular flexibility index (Phi) is 7.23. The molecule has 1 N–H and O–H groups in total. The molecule has 4 rings (SSSR count). The van der Waals surface area contributed by atoms with E-state index in [1.54, 1.807) is 12.3 Å². The zero-order chi connectivity index (χ0) is 22.0. The molecule has 1 amide bonds. The topological polar surface area (TPSA) is 72.2 Å². The molecule has 0 aliphatic heterocycles. The lowest BCUT2D eigenvalue weighted by atomic mass is 10.2. The van der Waals surface area contributed by atoms with Crippen molar-refractivity contribution in [1.82, 2.24) is 20.2 Å². The molecule has 0 saturated carbocycles. The number of hydrogen-bond acceptors (Lipinski definition) is 5. The molecule has 0 radical (unpaired) electrons. The molecule has 32 heavy (non-hydrogen) atoms. The van der Waals surface area contributed by atoms with Gasteiger partial charge in [-0.25, -0.2) is 5.43 Å². The first-order chi connectivity index (χ1) is 15.8. The van der Waals surface area contributed by atoms with Crippen LogP contribution in [-0.2, 0) is 4.79 Å². The third-order valence-corrected chi connectivity index (χ3v) is 5.38. The van der Waals surface area contributed by atoms with Crippen LogP contribution in [0.25, 0.3) is 23.2 Å². The van der Waals surface area contributed by atoms with E-state index >= 15 is 0 Å². The van der Waals surface area contributed by atoms with Crippen LogP contribution < -0.4 is 5.43 Å². The van der Waals surface area contributed by atoms with E-state index in [1.807, 2.05) is 102 Å². The highest BCUT2D eigenvalue weighted by atomic mass is 32.2. The normalized spacial score (nSPS) is 11.2. The highest BCUT2D eigenvalue weighted by Gasteiger charge is 2.16. The lowest BCUT2D eigenvalue weighted by molar-refractivity contribution is -0.118. The first-order valence-electron chi connectivity index (χ1n) is 10.0. The zero-order valence-electron chi connectivity index (χ0n) is 17.2. The smallest absolute Gasteiger partial charge is 0.250 e. The average molecular weight is 440 g/mol. The summed E-state index contributed by atoms with van der Waals surface area (Å²) in [5.74, 6) is 0.673. The maximum atomic E-state index is 12.2. The van der Waals surface area contributed by atoms with E-state index in [0.29, 0.717) is 5.16 Å². The third kappa shape index (κ3) is 5.59. The summed E-state index contributed by atoms with van der Waals surface area (Å²) in [6, 6.07) is 29.6. The van der Waals surface area contributed by atoms with Gasteiger partial charge in [0, 0.05) is 17.5 Å². The Morgan fingerprint density at radius 1 is 0.906 bits per heavy atom. The first kappa shape index (κ1) is 21.3. The van der Waals surface area contributed by atoms with Crippen molar-refractivity contribution in [1.29, 1.82) is 0 Å². The number of carbonyl (C=O) groups excluding carboxylic acids is 1. The summed E-state index contributed by atoms with van der Waals surface area (Å²) in [5, 5.41) is 13.3. The molecule has 7 heteroatoms. The van der Waals surface area contributed by atoms with Crippen LogP contribution in [0.4, 0.5) is 0 Å². The van der Waals surface area contributed by atoms with Gasteiger partial charge in [-0.3, -0.25) is 9.36 Å². The van der Waals surface area contributed by atoms with Crippen LogP contribution in [0.2, 0.25) is 0 Å². The van der Waals surface area contributed by atoms with E-state index in [0.717, 1.165) is 22.6 Å². The summed E-state index contributed by atoms with van der Waals surface area (Å²) in [4.78, 5) is 12.2.